The molecule has 0 spiro atoms. The Bertz CT molecular complexity index is 726. The molecule has 1 aromatic rings. The van der Waals surface area contributed by atoms with Crippen molar-refractivity contribution in [3.63, 3.8) is 0 Å². The minimum absolute atomic E-state index is 0.00218. The standard InChI is InChI=1S/C22H35N5O3S/c1-2-27-21(30)18(31-22(27)19(23)20(29)24-10-14-28)15-25-17-7-5-16(6-8-17)9-13-26-11-3-4-12-26/h5-8,18-19,22,25,28H,2-4,9-15,23H2,1H3,(H,24,29)/t18-,19-,22?/m1/s1. The highest BCUT2D eigenvalue weighted by Gasteiger charge is 2.44. The van der Waals surface area contributed by atoms with Gasteiger partial charge in [-0.3, -0.25) is 9.59 Å². The molecule has 2 heterocycles. The molecule has 0 aromatic heterocycles. The van der Waals surface area contributed by atoms with Gasteiger partial charge in [-0.1, -0.05) is 12.1 Å². The van der Waals surface area contributed by atoms with Crippen molar-refractivity contribution in [3.05, 3.63) is 29.8 Å². The Morgan fingerprint density at radius 1 is 1.29 bits per heavy atom. The van der Waals surface area contributed by atoms with Crippen molar-refractivity contribution >= 4 is 29.3 Å². The summed E-state index contributed by atoms with van der Waals surface area (Å²) < 4.78 is 0. The number of aliphatic hydroxyl groups is 1. The van der Waals surface area contributed by atoms with E-state index in [9.17, 15) is 9.59 Å². The van der Waals surface area contributed by atoms with E-state index in [1.54, 1.807) is 4.90 Å². The van der Waals surface area contributed by atoms with Gasteiger partial charge in [0.2, 0.25) is 11.8 Å². The molecule has 2 fully saturated rings. The van der Waals surface area contributed by atoms with Crippen LogP contribution in [0.5, 0.6) is 0 Å². The van der Waals surface area contributed by atoms with Crippen LogP contribution in [0.1, 0.15) is 25.3 Å². The van der Waals surface area contributed by atoms with Gasteiger partial charge in [0.05, 0.1) is 6.61 Å². The van der Waals surface area contributed by atoms with Crippen LogP contribution < -0.4 is 16.4 Å². The number of carbonyl (C=O) groups is 2. The highest BCUT2D eigenvalue weighted by atomic mass is 32.2. The first-order valence-electron chi connectivity index (χ1n) is 11.2. The fourth-order valence-electron chi connectivity index (χ4n) is 4.08. The topological polar surface area (TPSA) is 111 Å². The number of thioether (sulfide) groups is 1. The number of benzene rings is 1. The van der Waals surface area contributed by atoms with Gasteiger partial charge in [0.25, 0.3) is 0 Å². The van der Waals surface area contributed by atoms with Gasteiger partial charge in [-0.05, 0) is 57.0 Å². The van der Waals surface area contributed by atoms with Gasteiger partial charge in [0.15, 0.2) is 0 Å². The second kappa shape index (κ2) is 11.7. The highest BCUT2D eigenvalue weighted by molar-refractivity contribution is 8.01. The number of aliphatic hydroxyl groups excluding tert-OH is 1. The maximum atomic E-state index is 12.8. The van der Waals surface area contributed by atoms with Crippen molar-refractivity contribution in [1.82, 2.24) is 15.1 Å². The second-order valence-corrected chi connectivity index (χ2v) is 9.38. The van der Waals surface area contributed by atoms with E-state index >= 15 is 0 Å². The Morgan fingerprint density at radius 3 is 2.65 bits per heavy atom. The third kappa shape index (κ3) is 6.35. The van der Waals surface area contributed by atoms with E-state index < -0.39 is 11.4 Å². The molecule has 3 rings (SSSR count). The zero-order chi connectivity index (χ0) is 22.2. The number of nitrogens with one attached hydrogen (secondary N) is 2. The molecule has 0 bridgehead atoms. The van der Waals surface area contributed by atoms with Crippen LogP contribution in [0.25, 0.3) is 0 Å². The van der Waals surface area contributed by atoms with Crippen LogP contribution in [0.2, 0.25) is 0 Å². The number of likely N-dealkylation sites (N-methyl/N-ethyl adjacent to an activating group) is 1. The third-order valence-corrected chi connectivity index (χ3v) is 7.42. The number of hydrogen-bond acceptors (Lipinski definition) is 7. The van der Waals surface area contributed by atoms with Crippen molar-refractivity contribution in [1.29, 1.82) is 0 Å². The van der Waals surface area contributed by atoms with Crippen LogP contribution in [0, 0.1) is 0 Å². The number of nitrogens with two attached hydrogens (primary N) is 1. The van der Waals surface area contributed by atoms with E-state index in [-0.39, 0.29) is 30.2 Å². The van der Waals surface area contributed by atoms with Crippen LogP contribution in [0.15, 0.2) is 24.3 Å². The zero-order valence-corrected chi connectivity index (χ0v) is 19.1. The maximum absolute atomic E-state index is 12.8. The summed E-state index contributed by atoms with van der Waals surface area (Å²) in [5.74, 6) is -0.353. The van der Waals surface area contributed by atoms with Crippen LogP contribution >= 0.6 is 11.8 Å². The Balaban J connectivity index is 1.50. The van der Waals surface area contributed by atoms with Gasteiger partial charge in [0, 0.05) is 31.9 Å². The molecule has 2 aliphatic heterocycles. The quantitative estimate of drug-likeness (QED) is 0.388. The third-order valence-electron chi connectivity index (χ3n) is 5.89. The van der Waals surface area contributed by atoms with Crippen LogP contribution in [0.4, 0.5) is 5.69 Å². The predicted octanol–water partition coefficient (Wildman–Crippen LogP) is 0.463. The molecule has 172 valence electrons. The number of nitrogens with zero attached hydrogens (tertiary/aromatic N) is 2. The lowest BCUT2D eigenvalue weighted by molar-refractivity contribution is -0.131. The van der Waals surface area contributed by atoms with E-state index in [0.717, 1.165) is 18.7 Å². The number of anilines is 1. The molecule has 1 aromatic carbocycles. The summed E-state index contributed by atoms with van der Waals surface area (Å²) in [6, 6.07) is 7.58. The Kier molecular flexibility index (Phi) is 9.01. The van der Waals surface area contributed by atoms with Crippen LogP contribution in [-0.4, -0.2) is 89.3 Å². The SMILES string of the molecule is CCN1C(=O)[C@@H](CNc2ccc(CCN3CCCC3)cc2)SC1[C@H](N)C(=O)NCCO. The molecular formula is C22H35N5O3S. The highest BCUT2D eigenvalue weighted by Crippen LogP contribution is 2.33. The molecule has 31 heavy (non-hydrogen) atoms. The second-order valence-electron chi connectivity index (χ2n) is 8.06. The molecule has 2 aliphatic rings. The first-order valence-corrected chi connectivity index (χ1v) is 12.1. The van der Waals surface area contributed by atoms with Gasteiger partial charge in [0.1, 0.15) is 16.7 Å². The fourth-order valence-corrected chi connectivity index (χ4v) is 5.54. The fraction of sp³-hybridized carbons (Fsp3) is 0.636. The van der Waals surface area contributed by atoms with Gasteiger partial charge in [-0.25, -0.2) is 0 Å². The normalized spacial score (nSPS) is 22.7. The van der Waals surface area contributed by atoms with Crippen molar-refractivity contribution < 1.29 is 14.7 Å². The Labute approximate surface area is 188 Å². The van der Waals surface area contributed by atoms with E-state index in [0.29, 0.717) is 13.1 Å². The Hall–Kier alpha value is -1.81. The van der Waals surface area contributed by atoms with Crippen molar-refractivity contribution in [2.24, 2.45) is 5.73 Å². The molecule has 3 atom stereocenters. The monoisotopic (exact) mass is 449 g/mol. The van der Waals surface area contributed by atoms with Gasteiger partial charge < -0.3 is 31.3 Å². The number of hydrogen-bond donors (Lipinski definition) is 4. The summed E-state index contributed by atoms with van der Waals surface area (Å²) in [6.45, 7) is 6.43. The molecular weight excluding hydrogens is 414 g/mol. The zero-order valence-electron chi connectivity index (χ0n) is 18.3. The summed E-state index contributed by atoms with van der Waals surface area (Å²) in [4.78, 5) is 29.2. The first kappa shape index (κ1) is 23.8. The Morgan fingerprint density at radius 2 is 2.00 bits per heavy atom. The van der Waals surface area contributed by atoms with E-state index in [4.69, 9.17) is 10.8 Å². The maximum Gasteiger partial charge on any atom is 0.240 e. The lowest BCUT2D eigenvalue weighted by atomic mass is 10.1. The number of carbonyl (C=O) groups excluding carboxylic acids is 2. The summed E-state index contributed by atoms with van der Waals surface area (Å²) >= 11 is 1.43. The average Bonchev–Trinajstić information content (AvgIpc) is 3.42. The van der Waals surface area contributed by atoms with E-state index in [1.807, 2.05) is 6.92 Å². The largest absolute Gasteiger partial charge is 0.395 e. The summed E-state index contributed by atoms with van der Waals surface area (Å²) in [6.07, 6.45) is 3.69. The van der Waals surface area contributed by atoms with Crippen LogP contribution in [-0.2, 0) is 16.0 Å². The lowest BCUT2D eigenvalue weighted by Crippen LogP contribution is -2.53. The minimum atomic E-state index is -0.833. The molecule has 8 nitrogen and oxygen atoms in total. The number of likely N-dealkylation sites (tertiary alicyclic amines) is 1. The first-order chi connectivity index (χ1) is 15.0. The number of amides is 2. The average molecular weight is 450 g/mol. The molecule has 2 saturated heterocycles. The van der Waals surface area contributed by atoms with Crippen molar-refractivity contribution in [2.45, 2.75) is 42.9 Å². The molecule has 0 aliphatic carbocycles. The van der Waals surface area contributed by atoms with Gasteiger partial charge in [-0.2, -0.15) is 0 Å². The molecule has 0 saturated carbocycles. The van der Waals surface area contributed by atoms with Gasteiger partial charge in [-0.15, -0.1) is 11.8 Å². The van der Waals surface area contributed by atoms with Crippen molar-refractivity contribution in [2.75, 3.05) is 51.2 Å². The molecule has 2 amide bonds. The lowest BCUT2D eigenvalue weighted by Gasteiger charge is -2.26. The van der Waals surface area contributed by atoms with Crippen molar-refractivity contribution in [3.8, 4) is 0 Å². The molecule has 0 radical (unpaired) electrons. The minimum Gasteiger partial charge on any atom is -0.395 e. The summed E-state index contributed by atoms with van der Waals surface area (Å²) in [5.41, 5.74) is 8.42. The van der Waals surface area contributed by atoms with E-state index in [2.05, 4.69) is 39.8 Å². The predicted molar refractivity (Wildman–Crippen MR) is 125 cm³/mol. The van der Waals surface area contributed by atoms with E-state index in [1.165, 1.54) is 43.3 Å². The summed E-state index contributed by atoms with van der Waals surface area (Å²) in [7, 11) is 0. The van der Waals surface area contributed by atoms with Gasteiger partial charge >= 0.3 is 0 Å². The molecule has 9 heteroatoms. The molecule has 5 N–H and O–H groups in total. The van der Waals surface area contributed by atoms with Crippen LogP contribution in [0.3, 0.4) is 0 Å². The molecule has 1 unspecified atom stereocenters. The number of rotatable bonds is 11. The summed E-state index contributed by atoms with van der Waals surface area (Å²) in [5, 5.41) is 14.1. The smallest absolute Gasteiger partial charge is 0.240 e.